The maximum absolute atomic E-state index is 13.6. The summed E-state index contributed by atoms with van der Waals surface area (Å²) < 4.78 is 12.5. The van der Waals surface area contributed by atoms with Crippen LogP contribution in [0.25, 0.3) is 11.0 Å². The Morgan fingerprint density at radius 3 is 2.29 bits per heavy atom. The second-order valence-corrected chi connectivity index (χ2v) is 9.41. The number of rotatable bonds is 10. The number of nitrogens with one attached hydrogen (secondary N) is 1. The molecule has 0 fully saturated rings. The van der Waals surface area contributed by atoms with Crippen molar-refractivity contribution in [3.05, 3.63) is 89.7 Å². The molecule has 0 aliphatic heterocycles. The van der Waals surface area contributed by atoms with Crippen molar-refractivity contribution in [3.63, 3.8) is 0 Å². The zero-order valence-electron chi connectivity index (χ0n) is 22.5. The zero-order chi connectivity index (χ0) is 27.2. The van der Waals surface area contributed by atoms with Crippen LogP contribution in [0.15, 0.2) is 72.8 Å². The van der Waals surface area contributed by atoms with Gasteiger partial charge in [-0.15, -0.1) is 0 Å². The highest BCUT2D eigenvalue weighted by molar-refractivity contribution is 5.95. The van der Waals surface area contributed by atoms with E-state index in [9.17, 15) is 9.59 Å². The summed E-state index contributed by atoms with van der Waals surface area (Å²) in [6.07, 6.45) is 0. The minimum absolute atomic E-state index is 0.0168. The highest BCUT2D eigenvalue weighted by atomic mass is 16.5. The van der Waals surface area contributed by atoms with Crippen LogP contribution in [0.5, 0.6) is 11.5 Å². The molecule has 3 aromatic carbocycles. The molecule has 0 aliphatic carbocycles. The SMILES string of the molecule is COc1ccc(C(=O)NC(C)c2nc3ccccc3n2CC(=O)N(Cc2ccccc2)C(C)C)cc1OC. The Hall–Kier alpha value is -4.33. The van der Waals surface area contributed by atoms with E-state index in [4.69, 9.17) is 14.5 Å². The summed E-state index contributed by atoms with van der Waals surface area (Å²) in [5.74, 6) is 1.32. The number of carbonyl (C=O) groups excluding carboxylic acids is 2. The van der Waals surface area contributed by atoms with Crippen molar-refractivity contribution in [1.29, 1.82) is 0 Å². The van der Waals surface area contributed by atoms with Crippen LogP contribution in [0.3, 0.4) is 0 Å². The third-order valence-electron chi connectivity index (χ3n) is 6.50. The van der Waals surface area contributed by atoms with Crippen LogP contribution in [-0.2, 0) is 17.9 Å². The molecule has 4 aromatic rings. The van der Waals surface area contributed by atoms with Crippen molar-refractivity contribution < 1.29 is 19.1 Å². The van der Waals surface area contributed by atoms with Crippen LogP contribution >= 0.6 is 0 Å². The van der Waals surface area contributed by atoms with Crippen molar-refractivity contribution in [3.8, 4) is 11.5 Å². The van der Waals surface area contributed by atoms with Gasteiger partial charge in [0.1, 0.15) is 12.4 Å². The number of amides is 2. The molecule has 198 valence electrons. The molecule has 38 heavy (non-hydrogen) atoms. The van der Waals surface area contributed by atoms with Gasteiger partial charge < -0.3 is 24.3 Å². The number of hydrogen-bond donors (Lipinski definition) is 1. The lowest BCUT2D eigenvalue weighted by atomic mass is 10.1. The number of ether oxygens (including phenoxy) is 2. The molecule has 0 spiro atoms. The van der Waals surface area contributed by atoms with Gasteiger partial charge in [0, 0.05) is 18.2 Å². The lowest BCUT2D eigenvalue weighted by molar-refractivity contribution is -0.134. The third-order valence-corrected chi connectivity index (χ3v) is 6.50. The predicted molar refractivity (Wildman–Crippen MR) is 147 cm³/mol. The Balaban J connectivity index is 1.60. The third kappa shape index (κ3) is 5.80. The van der Waals surface area contributed by atoms with E-state index >= 15 is 0 Å². The molecular weight excluding hydrogens is 480 g/mol. The maximum Gasteiger partial charge on any atom is 0.251 e. The molecule has 4 rings (SSSR count). The van der Waals surface area contributed by atoms with Gasteiger partial charge in [-0.25, -0.2) is 4.98 Å². The van der Waals surface area contributed by atoms with Crippen LogP contribution in [-0.4, -0.2) is 46.5 Å². The molecule has 1 unspecified atom stereocenters. The molecule has 0 bridgehead atoms. The molecule has 1 aromatic heterocycles. The van der Waals surface area contributed by atoms with Crippen molar-refractivity contribution in [2.24, 2.45) is 0 Å². The summed E-state index contributed by atoms with van der Waals surface area (Å²) in [5.41, 5.74) is 3.11. The van der Waals surface area contributed by atoms with Crippen molar-refractivity contribution in [2.75, 3.05) is 14.2 Å². The van der Waals surface area contributed by atoms with Crippen molar-refractivity contribution in [2.45, 2.75) is 45.9 Å². The quantitative estimate of drug-likeness (QED) is 0.323. The van der Waals surface area contributed by atoms with Gasteiger partial charge in [0.25, 0.3) is 5.91 Å². The topological polar surface area (TPSA) is 85.7 Å². The monoisotopic (exact) mass is 514 g/mol. The maximum atomic E-state index is 13.6. The molecule has 0 saturated heterocycles. The first kappa shape index (κ1) is 26.7. The normalized spacial score (nSPS) is 11.8. The highest BCUT2D eigenvalue weighted by Crippen LogP contribution is 2.28. The number of aromatic nitrogens is 2. The van der Waals surface area contributed by atoms with Crippen LogP contribution in [0.1, 0.15) is 48.6 Å². The van der Waals surface area contributed by atoms with Gasteiger partial charge in [-0.2, -0.15) is 0 Å². The fourth-order valence-electron chi connectivity index (χ4n) is 4.48. The average molecular weight is 515 g/mol. The summed E-state index contributed by atoms with van der Waals surface area (Å²) in [6.45, 7) is 6.52. The summed E-state index contributed by atoms with van der Waals surface area (Å²) in [7, 11) is 3.07. The van der Waals surface area contributed by atoms with Gasteiger partial charge in [-0.1, -0.05) is 42.5 Å². The number of methoxy groups -OCH3 is 2. The molecule has 8 heteroatoms. The molecule has 1 heterocycles. The Morgan fingerprint density at radius 2 is 1.61 bits per heavy atom. The molecule has 0 radical (unpaired) electrons. The van der Waals surface area contributed by atoms with E-state index in [1.807, 2.05) is 84.8 Å². The van der Waals surface area contributed by atoms with Crippen LogP contribution < -0.4 is 14.8 Å². The first-order chi connectivity index (χ1) is 18.3. The molecule has 1 atom stereocenters. The van der Waals surface area contributed by atoms with Gasteiger partial charge in [0.15, 0.2) is 11.5 Å². The first-order valence-corrected chi connectivity index (χ1v) is 12.6. The second kappa shape index (κ2) is 11.8. The number of fused-ring (bicyclic) bond motifs is 1. The van der Waals surface area contributed by atoms with Crippen LogP contribution in [0, 0.1) is 0 Å². The lowest BCUT2D eigenvalue weighted by Crippen LogP contribution is -2.39. The largest absolute Gasteiger partial charge is 0.493 e. The van der Waals surface area contributed by atoms with Crippen molar-refractivity contribution in [1.82, 2.24) is 19.8 Å². The number of imidazole rings is 1. The minimum atomic E-state index is -0.461. The van der Waals surface area contributed by atoms with E-state index in [1.165, 1.54) is 7.11 Å². The van der Waals surface area contributed by atoms with Crippen molar-refractivity contribution >= 4 is 22.8 Å². The van der Waals surface area contributed by atoms with Gasteiger partial charge in [-0.3, -0.25) is 9.59 Å². The molecule has 0 aliphatic rings. The number of carbonyl (C=O) groups is 2. The number of benzene rings is 3. The Kier molecular flexibility index (Phi) is 8.31. The Bertz CT molecular complexity index is 1410. The smallest absolute Gasteiger partial charge is 0.251 e. The van der Waals surface area contributed by atoms with Gasteiger partial charge >= 0.3 is 0 Å². The molecule has 8 nitrogen and oxygen atoms in total. The zero-order valence-corrected chi connectivity index (χ0v) is 22.5. The average Bonchev–Trinajstić information content (AvgIpc) is 3.29. The fourth-order valence-corrected chi connectivity index (χ4v) is 4.48. The van der Waals surface area contributed by atoms with E-state index in [2.05, 4.69) is 5.32 Å². The molecule has 2 amide bonds. The van der Waals surface area contributed by atoms with Crippen LogP contribution in [0.4, 0.5) is 0 Å². The van der Waals surface area contributed by atoms with E-state index in [-0.39, 0.29) is 24.4 Å². The molecule has 0 saturated carbocycles. The second-order valence-electron chi connectivity index (χ2n) is 9.41. The summed E-state index contributed by atoms with van der Waals surface area (Å²) in [4.78, 5) is 33.4. The fraction of sp³-hybridized carbons (Fsp3) is 0.300. The van der Waals surface area contributed by atoms with Gasteiger partial charge in [0.2, 0.25) is 5.91 Å². The number of para-hydroxylation sites is 2. The van der Waals surface area contributed by atoms with Crippen LogP contribution in [0.2, 0.25) is 0 Å². The number of hydrogen-bond acceptors (Lipinski definition) is 5. The van der Waals surface area contributed by atoms with E-state index in [1.54, 1.807) is 25.3 Å². The summed E-state index contributed by atoms with van der Waals surface area (Å²) in [6, 6.07) is 22.2. The van der Waals surface area contributed by atoms with Gasteiger partial charge in [-0.05, 0) is 56.7 Å². The van der Waals surface area contributed by atoms with Gasteiger partial charge in [0.05, 0.1) is 31.3 Å². The number of nitrogens with zero attached hydrogens (tertiary/aromatic N) is 3. The summed E-state index contributed by atoms with van der Waals surface area (Å²) in [5, 5.41) is 3.02. The minimum Gasteiger partial charge on any atom is -0.493 e. The predicted octanol–water partition coefficient (Wildman–Crippen LogP) is 4.98. The van der Waals surface area contributed by atoms with E-state index < -0.39 is 6.04 Å². The summed E-state index contributed by atoms with van der Waals surface area (Å²) >= 11 is 0. The molecule has 1 N–H and O–H groups in total. The first-order valence-electron chi connectivity index (χ1n) is 12.6. The Morgan fingerprint density at radius 1 is 0.921 bits per heavy atom. The molecular formula is C30H34N4O4. The Labute approximate surface area is 223 Å². The van der Waals surface area contributed by atoms with E-state index in [0.717, 1.165) is 16.6 Å². The lowest BCUT2D eigenvalue weighted by Gasteiger charge is -2.28. The standard InChI is InChI=1S/C30H34N4O4/c1-20(2)33(18-22-11-7-6-8-12-22)28(35)19-34-25-14-10-9-13-24(25)32-29(34)21(3)31-30(36)23-15-16-26(37-4)27(17-23)38-5/h6-17,20-21H,18-19H2,1-5H3,(H,31,36). The highest BCUT2D eigenvalue weighted by Gasteiger charge is 2.24. The van der Waals surface area contributed by atoms with E-state index in [0.29, 0.717) is 29.4 Å².